The number of aromatic carboxylic acids is 1. The molecule has 5 rings (SSSR count). The quantitative estimate of drug-likeness (QED) is 0.343. The van der Waals surface area contributed by atoms with Gasteiger partial charge in [-0.05, 0) is 53.6 Å². The van der Waals surface area contributed by atoms with Crippen LogP contribution >= 0.6 is 27.3 Å². The van der Waals surface area contributed by atoms with Crippen LogP contribution in [0.25, 0.3) is 22.1 Å². The highest BCUT2D eigenvalue weighted by atomic mass is 79.9. The number of fused-ring (bicyclic) bond motifs is 3. The number of hydrogen-bond donors (Lipinski definition) is 1. The van der Waals surface area contributed by atoms with Gasteiger partial charge in [0.25, 0.3) is 5.56 Å². The van der Waals surface area contributed by atoms with E-state index in [4.69, 9.17) is 9.47 Å². The smallest absolute Gasteiger partial charge is 0.335 e. The molecule has 0 saturated carbocycles. The third kappa shape index (κ3) is 4.04. The van der Waals surface area contributed by atoms with Crippen molar-refractivity contribution in [2.45, 2.75) is 6.61 Å². The van der Waals surface area contributed by atoms with Crippen LogP contribution in [0.15, 0.2) is 69.9 Å². The molecule has 0 saturated heterocycles. The molecule has 0 amide bonds. The van der Waals surface area contributed by atoms with Crippen molar-refractivity contribution < 1.29 is 19.4 Å². The van der Waals surface area contributed by atoms with Gasteiger partial charge < -0.3 is 14.6 Å². The second kappa shape index (κ2) is 8.92. The fourth-order valence-corrected chi connectivity index (χ4v) is 5.06. The van der Waals surface area contributed by atoms with Crippen LogP contribution in [0.3, 0.4) is 0 Å². The van der Waals surface area contributed by atoms with E-state index in [-0.39, 0.29) is 17.7 Å². The lowest BCUT2D eigenvalue weighted by molar-refractivity contribution is 0.0696. The maximum Gasteiger partial charge on any atom is 0.335 e. The summed E-state index contributed by atoms with van der Waals surface area (Å²) >= 11 is 4.88. The first-order valence-electron chi connectivity index (χ1n) is 10.2. The molecule has 0 atom stereocenters. The van der Waals surface area contributed by atoms with Gasteiger partial charge in [-0.2, -0.15) is 0 Å². The van der Waals surface area contributed by atoms with Crippen LogP contribution < -0.4 is 19.6 Å². The molecule has 0 bridgehead atoms. The molecule has 9 heteroatoms. The summed E-state index contributed by atoms with van der Waals surface area (Å²) in [4.78, 5) is 29.4. The zero-order valence-electron chi connectivity index (χ0n) is 17.8. The topological polar surface area (TPSA) is 90.1 Å². The minimum atomic E-state index is -0.992. The standard InChI is InChI=1S/C25H17BrN2O5S/c1-32-20-10-16(11-22-23(29)28-19-8-3-2-7-18(19)27-25(28)34-22)17(26)12-21(20)33-13-14-5-4-6-15(9-14)24(30)31/h2-12H,13H2,1H3,(H,30,31). The van der Waals surface area contributed by atoms with Crippen LogP contribution in [-0.2, 0) is 6.61 Å². The van der Waals surface area contributed by atoms with Gasteiger partial charge in [0.05, 0.1) is 28.2 Å². The van der Waals surface area contributed by atoms with E-state index in [1.807, 2.05) is 24.3 Å². The molecule has 170 valence electrons. The van der Waals surface area contributed by atoms with E-state index in [0.717, 1.165) is 26.6 Å². The normalized spacial score (nSPS) is 11.9. The molecule has 0 fully saturated rings. The molecule has 0 radical (unpaired) electrons. The lowest BCUT2D eigenvalue weighted by Crippen LogP contribution is -2.22. The minimum Gasteiger partial charge on any atom is -0.493 e. The predicted molar refractivity (Wildman–Crippen MR) is 134 cm³/mol. The molecule has 3 aromatic carbocycles. The van der Waals surface area contributed by atoms with Crippen molar-refractivity contribution in [2.24, 2.45) is 0 Å². The second-order valence-corrected chi connectivity index (χ2v) is 9.32. The van der Waals surface area contributed by atoms with Gasteiger partial charge in [-0.15, -0.1) is 0 Å². The zero-order valence-corrected chi connectivity index (χ0v) is 20.2. The van der Waals surface area contributed by atoms with E-state index in [1.165, 1.54) is 24.5 Å². The Morgan fingerprint density at radius 1 is 1.15 bits per heavy atom. The molecule has 0 unspecified atom stereocenters. The minimum absolute atomic E-state index is 0.127. The number of rotatable bonds is 6. The maximum absolute atomic E-state index is 13.1. The molecule has 1 N–H and O–H groups in total. The second-order valence-electron chi connectivity index (χ2n) is 7.45. The molecule has 2 heterocycles. The van der Waals surface area contributed by atoms with E-state index in [0.29, 0.717) is 21.0 Å². The third-order valence-corrected chi connectivity index (χ3v) is 6.94. The van der Waals surface area contributed by atoms with Gasteiger partial charge >= 0.3 is 5.97 Å². The van der Waals surface area contributed by atoms with Gasteiger partial charge in [0.2, 0.25) is 0 Å². The summed E-state index contributed by atoms with van der Waals surface area (Å²) in [5.74, 6) is -0.0153. The summed E-state index contributed by atoms with van der Waals surface area (Å²) < 4.78 is 14.3. The Morgan fingerprint density at radius 3 is 2.76 bits per heavy atom. The summed E-state index contributed by atoms with van der Waals surface area (Å²) in [6.07, 6.45) is 1.79. The van der Waals surface area contributed by atoms with Crippen LogP contribution in [0.4, 0.5) is 0 Å². The van der Waals surface area contributed by atoms with Gasteiger partial charge in [0.1, 0.15) is 6.61 Å². The van der Waals surface area contributed by atoms with E-state index < -0.39 is 5.97 Å². The van der Waals surface area contributed by atoms with Crippen molar-refractivity contribution >= 4 is 55.3 Å². The SMILES string of the molecule is COc1cc(C=c2sc3nc4ccccc4n3c2=O)c(Br)cc1OCc1cccc(C(=O)O)c1. The highest BCUT2D eigenvalue weighted by Crippen LogP contribution is 2.34. The monoisotopic (exact) mass is 536 g/mol. The average Bonchev–Trinajstić information content (AvgIpc) is 3.35. The number of imidazole rings is 1. The van der Waals surface area contributed by atoms with E-state index in [1.54, 1.807) is 40.8 Å². The molecular formula is C25H17BrN2O5S. The first-order chi connectivity index (χ1) is 16.4. The van der Waals surface area contributed by atoms with E-state index in [2.05, 4.69) is 20.9 Å². The molecule has 0 spiro atoms. The molecule has 7 nitrogen and oxygen atoms in total. The summed E-state index contributed by atoms with van der Waals surface area (Å²) in [6, 6.07) is 17.7. The van der Waals surface area contributed by atoms with Crippen molar-refractivity contribution in [1.82, 2.24) is 9.38 Å². The van der Waals surface area contributed by atoms with Crippen molar-refractivity contribution in [3.63, 3.8) is 0 Å². The van der Waals surface area contributed by atoms with Gasteiger partial charge in [-0.3, -0.25) is 4.79 Å². The number of carbonyl (C=O) groups is 1. The average molecular weight is 537 g/mol. The largest absolute Gasteiger partial charge is 0.493 e. The number of aromatic nitrogens is 2. The summed E-state index contributed by atoms with van der Waals surface area (Å²) in [5.41, 5.74) is 3.11. The molecule has 5 aromatic rings. The number of nitrogens with zero attached hydrogens (tertiary/aromatic N) is 2. The van der Waals surface area contributed by atoms with Gasteiger partial charge in [-0.25, -0.2) is 14.2 Å². The maximum atomic E-state index is 13.1. The highest BCUT2D eigenvalue weighted by molar-refractivity contribution is 9.10. The lowest BCUT2D eigenvalue weighted by atomic mass is 10.1. The molecule has 0 aliphatic rings. The van der Waals surface area contributed by atoms with Crippen molar-refractivity contribution in [3.8, 4) is 11.5 Å². The fourth-order valence-electron chi connectivity index (χ4n) is 3.64. The van der Waals surface area contributed by atoms with E-state index >= 15 is 0 Å². The van der Waals surface area contributed by atoms with Crippen LogP contribution in [0.1, 0.15) is 21.5 Å². The molecule has 2 aromatic heterocycles. The number of benzene rings is 3. The van der Waals surface area contributed by atoms with Crippen LogP contribution in [0.2, 0.25) is 0 Å². The van der Waals surface area contributed by atoms with Crippen LogP contribution in [-0.4, -0.2) is 27.6 Å². The van der Waals surface area contributed by atoms with Gasteiger partial charge in [0, 0.05) is 4.47 Å². The Balaban J connectivity index is 1.49. The number of hydrogen-bond acceptors (Lipinski definition) is 6. The highest BCUT2D eigenvalue weighted by Gasteiger charge is 2.13. The number of carboxylic acids is 1. The Bertz CT molecular complexity index is 1670. The van der Waals surface area contributed by atoms with Gasteiger partial charge in [0.15, 0.2) is 16.5 Å². The predicted octanol–water partition coefficient (Wildman–Crippen LogP) is 4.51. The van der Waals surface area contributed by atoms with E-state index in [9.17, 15) is 14.7 Å². The van der Waals surface area contributed by atoms with Crippen LogP contribution in [0.5, 0.6) is 11.5 Å². The number of ether oxygens (including phenoxy) is 2. The van der Waals surface area contributed by atoms with Crippen molar-refractivity contribution in [2.75, 3.05) is 7.11 Å². The summed E-state index contributed by atoms with van der Waals surface area (Å²) in [5, 5.41) is 9.17. The number of halogens is 1. The number of carboxylic acid groups (broad SMARTS) is 1. The van der Waals surface area contributed by atoms with Gasteiger partial charge in [-0.1, -0.05) is 51.5 Å². The molecular weight excluding hydrogens is 520 g/mol. The molecule has 0 aliphatic heterocycles. The Hall–Kier alpha value is -3.69. The molecule has 0 aliphatic carbocycles. The number of methoxy groups -OCH3 is 1. The summed E-state index contributed by atoms with van der Waals surface area (Å²) in [7, 11) is 1.54. The first kappa shape index (κ1) is 22.1. The van der Waals surface area contributed by atoms with Crippen molar-refractivity contribution in [3.05, 3.63) is 96.7 Å². The zero-order chi connectivity index (χ0) is 23.8. The number of thiazole rings is 1. The van der Waals surface area contributed by atoms with Crippen LogP contribution in [0, 0.1) is 0 Å². The third-order valence-electron chi connectivity index (χ3n) is 5.28. The Kier molecular flexibility index (Phi) is 5.80. The van der Waals surface area contributed by atoms with Crippen molar-refractivity contribution in [1.29, 1.82) is 0 Å². The summed E-state index contributed by atoms with van der Waals surface area (Å²) in [6.45, 7) is 0.173. The Morgan fingerprint density at radius 2 is 1.97 bits per heavy atom. The number of para-hydroxylation sites is 2. The fraction of sp³-hybridized carbons (Fsp3) is 0.0800. The Labute approximate surface area is 205 Å². The lowest BCUT2D eigenvalue weighted by Gasteiger charge is -2.13. The molecule has 34 heavy (non-hydrogen) atoms. The first-order valence-corrected chi connectivity index (χ1v) is 11.8.